The Morgan fingerprint density at radius 2 is 1.77 bits per heavy atom. The van der Waals surface area contributed by atoms with Crippen LogP contribution in [0.4, 0.5) is 17.6 Å². The maximum Gasteiger partial charge on any atom is 0.354 e. The molecule has 2 aromatic carbocycles. The zero-order chi connectivity index (χ0) is 30.3. The van der Waals surface area contributed by atoms with E-state index in [0.717, 1.165) is 17.7 Å². The van der Waals surface area contributed by atoms with Crippen LogP contribution in [0.25, 0.3) is 22.4 Å². The highest BCUT2D eigenvalue weighted by Crippen LogP contribution is 2.48. The molecule has 0 radical (unpaired) electrons. The second-order valence-corrected chi connectivity index (χ2v) is 10.8. The lowest BCUT2D eigenvalue weighted by atomic mass is 10.0. The number of benzene rings is 2. The Balaban J connectivity index is 1.28. The van der Waals surface area contributed by atoms with E-state index in [-0.39, 0.29) is 59.6 Å². The summed E-state index contributed by atoms with van der Waals surface area (Å²) in [5.41, 5.74) is 0.812. The molecular formula is C31H25F4N5O3. The highest BCUT2D eigenvalue weighted by molar-refractivity contribution is 5.88. The molecule has 1 aliphatic carbocycles. The standard InChI is InChI=1S/C31H25F4N5O3/c1-17-2-3-18(21(33)10-17)14-43-30-36-9-6-24(39-30)19-11-22(34)20(23(35)12-19)13-27-37-25-4-5-26(29(41)42)38-28(25)40(27)16-31(15-32)7-8-31/h2-6,9-12H,7-8,13-16H2,1H3,(H,41,42). The number of carbonyl (C=O) groups is 1. The molecule has 1 aliphatic rings. The zero-order valence-corrected chi connectivity index (χ0v) is 23.0. The molecule has 0 amide bonds. The third-order valence-corrected chi connectivity index (χ3v) is 7.60. The van der Waals surface area contributed by atoms with Gasteiger partial charge in [0, 0.05) is 41.3 Å². The van der Waals surface area contributed by atoms with Crippen LogP contribution in [-0.4, -0.2) is 42.3 Å². The van der Waals surface area contributed by atoms with Crippen LogP contribution in [0.1, 0.15) is 45.8 Å². The molecule has 8 nitrogen and oxygen atoms in total. The van der Waals surface area contributed by atoms with Gasteiger partial charge in [0.15, 0.2) is 11.3 Å². The molecule has 3 aromatic heterocycles. The molecule has 12 heteroatoms. The van der Waals surface area contributed by atoms with Crippen LogP contribution >= 0.6 is 0 Å². The van der Waals surface area contributed by atoms with Crippen molar-refractivity contribution in [1.82, 2.24) is 24.5 Å². The number of fused-ring (bicyclic) bond motifs is 1. The lowest BCUT2D eigenvalue weighted by Crippen LogP contribution is -2.17. The Bertz CT molecular complexity index is 1850. The molecule has 0 saturated heterocycles. The van der Waals surface area contributed by atoms with Crippen LogP contribution in [0.3, 0.4) is 0 Å². The van der Waals surface area contributed by atoms with E-state index in [4.69, 9.17) is 4.74 Å². The fourth-order valence-electron chi connectivity index (χ4n) is 4.88. The number of alkyl halides is 1. The van der Waals surface area contributed by atoms with E-state index >= 15 is 8.78 Å². The van der Waals surface area contributed by atoms with Gasteiger partial charge in [-0.2, -0.15) is 4.98 Å². The van der Waals surface area contributed by atoms with Crippen LogP contribution in [-0.2, 0) is 19.6 Å². The van der Waals surface area contributed by atoms with Gasteiger partial charge < -0.3 is 14.4 Å². The van der Waals surface area contributed by atoms with Gasteiger partial charge in [-0.05, 0) is 61.7 Å². The monoisotopic (exact) mass is 591 g/mol. The number of halogens is 4. The van der Waals surface area contributed by atoms with Crippen LogP contribution < -0.4 is 4.74 Å². The first-order chi connectivity index (χ1) is 20.6. The molecule has 0 aliphatic heterocycles. The molecule has 1 saturated carbocycles. The number of aryl methyl sites for hydroxylation is 1. The quantitative estimate of drug-likeness (QED) is 0.192. The van der Waals surface area contributed by atoms with E-state index < -0.39 is 35.5 Å². The molecule has 0 bridgehead atoms. The topological polar surface area (TPSA) is 103 Å². The molecule has 0 atom stereocenters. The molecule has 6 rings (SSSR count). The smallest absolute Gasteiger partial charge is 0.354 e. The summed E-state index contributed by atoms with van der Waals surface area (Å²) >= 11 is 0. The van der Waals surface area contributed by atoms with Gasteiger partial charge in [-0.1, -0.05) is 12.1 Å². The van der Waals surface area contributed by atoms with E-state index in [1.807, 2.05) is 0 Å². The fraction of sp³-hybridized carbons (Fsp3) is 0.258. The highest BCUT2D eigenvalue weighted by Gasteiger charge is 2.44. The van der Waals surface area contributed by atoms with E-state index in [0.29, 0.717) is 23.9 Å². The van der Waals surface area contributed by atoms with E-state index in [2.05, 4.69) is 19.9 Å². The van der Waals surface area contributed by atoms with Gasteiger partial charge in [0.05, 0.1) is 12.4 Å². The molecule has 1 N–H and O–H groups in total. The Hall–Kier alpha value is -4.87. The molecule has 1 fully saturated rings. The molecule has 43 heavy (non-hydrogen) atoms. The van der Waals surface area contributed by atoms with Crippen molar-refractivity contribution in [3.63, 3.8) is 0 Å². The van der Waals surface area contributed by atoms with Crippen LogP contribution in [0, 0.1) is 29.8 Å². The van der Waals surface area contributed by atoms with Crippen molar-refractivity contribution < 1.29 is 32.2 Å². The van der Waals surface area contributed by atoms with Gasteiger partial charge in [-0.25, -0.2) is 32.9 Å². The highest BCUT2D eigenvalue weighted by atomic mass is 19.1. The van der Waals surface area contributed by atoms with Gasteiger partial charge >= 0.3 is 12.0 Å². The molecule has 3 heterocycles. The number of aromatic carboxylic acids is 1. The lowest BCUT2D eigenvalue weighted by Gasteiger charge is -2.15. The van der Waals surface area contributed by atoms with E-state index in [1.54, 1.807) is 23.6 Å². The van der Waals surface area contributed by atoms with Crippen molar-refractivity contribution in [1.29, 1.82) is 0 Å². The fourth-order valence-corrected chi connectivity index (χ4v) is 4.88. The number of hydrogen-bond acceptors (Lipinski definition) is 6. The summed E-state index contributed by atoms with van der Waals surface area (Å²) in [7, 11) is 0. The van der Waals surface area contributed by atoms with Crippen molar-refractivity contribution >= 4 is 17.1 Å². The molecular weight excluding hydrogens is 566 g/mol. The number of carboxylic acids is 1. The Morgan fingerprint density at radius 1 is 1.00 bits per heavy atom. The summed E-state index contributed by atoms with van der Waals surface area (Å²) in [6.07, 6.45) is 2.35. The van der Waals surface area contributed by atoms with E-state index in [9.17, 15) is 18.7 Å². The second-order valence-electron chi connectivity index (χ2n) is 10.8. The number of ether oxygens (including phenoxy) is 1. The number of imidazole rings is 1. The molecule has 0 spiro atoms. The average molecular weight is 592 g/mol. The normalized spacial score (nSPS) is 13.8. The number of aromatic nitrogens is 5. The first kappa shape index (κ1) is 28.3. The number of rotatable bonds is 10. The minimum absolute atomic E-state index is 0.0915. The van der Waals surface area contributed by atoms with Crippen molar-refractivity contribution in [2.75, 3.05) is 6.67 Å². The van der Waals surface area contributed by atoms with Crippen LogP contribution in [0.15, 0.2) is 54.7 Å². The summed E-state index contributed by atoms with van der Waals surface area (Å²) in [6.45, 7) is 1.20. The maximum absolute atomic E-state index is 15.5. The maximum atomic E-state index is 15.5. The molecule has 0 unspecified atom stereocenters. The lowest BCUT2D eigenvalue weighted by molar-refractivity contribution is 0.0690. The Kier molecular flexibility index (Phi) is 7.28. The van der Waals surface area contributed by atoms with Crippen molar-refractivity contribution in [2.24, 2.45) is 5.41 Å². The van der Waals surface area contributed by atoms with Crippen molar-refractivity contribution in [3.05, 3.63) is 100 Å². The SMILES string of the molecule is Cc1ccc(COc2nccc(-c3cc(F)c(Cc4nc5ccc(C(=O)O)nc5n4CC4(CF)CC4)c(F)c3)n2)c(F)c1. The summed E-state index contributed by atoms with van der Waals surface area (Å²) < 4.78 is 66.0. The summed E-state index contributed by atoms with van der Waals surface area (Å²) in [5.74, 6) is -3.16. The Labute approximate surface area is 243 Å². The second kappa shape index (κ2) is 11.1. The summed E-state index contributed by atoms with van der Waals surface area (Å²) in [6, 6.07) is 11.1. The largest absolute Gasteiger partial charge is 0.477 e. The average Bonchev–Trinajstić information content (AvgIpc) is 3.69. The van der Waals surface area contributed by atoms with Crippen LogP contribution in [0.2, 0.25) is 0 Å². The predicted molar refractivity (Wildman–Crippen MR) is 148 cm³/mol. The van der Waals surface area contributed by atoms with Crippen LogP contribution in [0.5, 0.6) is 6.01 Å². The Morgan fingerprint density at radius 3 is 2.44 bits per heavy atom. The van der Waals surface area contributed by atoms with Gasteiger partial charge in [-0.15, -0.1) is 0 Å². The third-order valence-electron chi connectivity index (χ3n) is 7.60. The van der Waals surface area contributed by atoms with Crippen molar-refractivity contribution in [3.8, 4) is 17.3 Å². The summed E-state index contributed by atoms with van der Waals surface area (Å²) in [4.78, 5) is 28.4. The van der Waals surface area contributed by atoms with Gasteiger partial charge in [0.2, 0.25) is 0 Å². The predicted octanol–water partition coefficient (Wildman–Crippen LogP) is 6.23. The number of nitrogens with zero attached hydrogens (tertiary/aromatic N) is 5. The number of pyridine rings is 1. The number of carboxylic acid groups (broad SMARTS) is 1. The van der Waals surface area contributed by atoms with Crippen molar-refractivity contribution in [2.45, 2.75) is 39.3 Å². The zero-order valence-electron chi connectivity index (χ0n) is 23.0. The first-order valence-electron chi connectivity index (χ1n) is 13.5. The van der Waals surface area contributed by atoms with Gasteiger partial charge in [0.1, 0.15) is 35.4 Å². The summed E-state index contributed by atoms with van der Waals surface area (Å²) in [5, 5.41) is 9.40. The number of hydrogen-bond donors (Lipinski definition) is 1. The first-order valence-corrected chi connectivity index (χ1v) is 13.5. The van der Waals surface area contributed by atoms with Gasteiger partial charge in [0.25, 0.3) is 0 Å². The molecule has 220 valence electrons. The van der Waals surface area contributed by atoms with Gasteiger partial charge in [-0.3, -0.25) is 4.39 Å². The minimum Gasteiger partial charge on any atom is -0.477 e. The minimum atomic E-state index is -1.24. The van der Waals surface area contributed by atoms with E-state index in [1.165, 1.54) is 30.5 Å². The molecule has 5 aromatic rings. The third kappa shape index (κ3) is 5.77.